The summed E-state index contributed by atoms with van der Waals surface area (Å²) >= 11 is 1.88. The SMILES string of the molecule is c1ccc2c(c1)Oc1cc(-n3c4ccccc4c4ccc5c(c43)C3(c4ccccc4Sc4ccccc43)c3ccccc3-5)cc3c1B2c1ccccc1O3. The van der Waals surface area contributed by atoms with E-state index in [4.69, 9.17) is 9.47 Å². The molecule has 54 heavy (non-hydrogen) atoms. The first-order valence-corrected chi connectivity index (χ1v) is 19.4. The molecule has 5 heteroatoms. The lowest BCUT2D eigenvalue weighted by Crippen LogP contribution is -2.57. The Morgan fingerprint density at radius 2 is 1.06 bits per heavy atom. The van der Waals surface area contributed by atoms with E-state index >= 15 is 0 Å². The molecule has 0 bridgehead atoms. The Kier molecular flexibility index (Phi) is 5.59. The summed E-state index contributed by atoms with van der Waals surface area (Å²) in [5.74, 6) is 3.45. The number of para-hydroxylation sites is 3. The van der Waals surface area contributed by atoms with E-state index in [0.717, 1.165) is 50.6 Å². The maximum Gasteiger partial charge on any atom is 0.260 e. The van der Waals surface area contributed by atoms with Crippen molar-refractivity contribution in [1.82, 2.24) is 4.57 Å². The quantitative estimate of drug-likeness (QED) is 0.159. The van der Waals surface area contributed by atoms with Crippen LogP contribution in [0.4, 0.5) is 0 Å². The normalized spacial score (nSPS) is 14.6. The van der Waals surface area contributed by atoms with Crippen molar-refractivity contribution in [3.05, 3.63) is 192 Å². The highest BCUT2D eigenvalue weighted by Crippen LogP contribution is 2.64. The van der Waals surface area contributed by atoms with Crippen LogP contribution in [0.15, 0.2) is 180 Å². The summed E-state index contributed by atoms with van der Waals surface area (Å²) in [6.07, 6.45) is 0. The van der Waals surface area contributed by atoms with E-state index in [1.165, 1.54) is 59.5 Å². The molecular formula is C49H28BNO2S. The van der Waals surface area contributed by atoms with Gasteiger partial charge in [-0.2, -0.15) is 0 Å². The molecule has 0 saturated carbocycles. The van der Waals surface area contributed by atoms with E-state index in [2.05, 4.69) is 174 Å². The van der Waals surface area contributed by atoms with Crippen molar-refractivity contribution in [3.8, 4) is 39.8 Å². The number of aromatic nitrogens is 1. The standard InChI is InChI=1S/C49H28BNO2S/c1-3-15-34-30(13-1)32-25-26-33-31-14-2-8-20-39(31)51(48(33)46(32)49(34)35-16-4-11-23-44(35)54-45-24-12-5-17-36(45)49)29-27-42-47-43(28-29)53-41-22-10-7-19-38(41)50(47)37-18-6-9-21-40(37)52-42/h1-28H. The zero-order chi connectivity index (χ0) is 35.1. The van der Waals surface area contributed by atoms with Crippen LogP contribution in [0.1, 0.15) is 22.3 Å². The second-order valence-corrected chi connectivity index (χ2v) is 15.8. The van der Waals surface area contributed by atoms with Crippen LogP contribution < -0.4 is 25.9 Å². The predicted molar refractivity (Wildman–Crippen MR) is 220 cm³/mol. The third-order valence-electron chi connectivity index (χ3n) is 12.2. The molecule has 0 radical (unpaired) electrons. The number of rotatable bonds is 1. The number of ether oxygens (including phenoxy) is 2. The Labute approximate surface area is 316 Å². The summed E-state index contributed by atoms with van der Waals surface area (Å²) < 4.78 is 16.2. The lowest BCUT2D eigenvalue weighted by atomic mass is 9.35. The minimum atomic E-state index is -0.533. The molecule has 250 valence electrons. The van der Waals surface area contributed by atoms with Crippen LogP contribution in [-0.4, -0.2) is 11.3 Å². The highest BCUT2D eigenvalue weighted by Gasteiger charge is 2.52. The summed E-state index contributed by atoms with van der Waals surface area (Å²) in [5, 5.41) is 2.45. The van der Waals surface area contributed by atoms with E-state index in [1.54, 1.807) is 0 Å². The molecular weight excluding hydrogens is 677 g/mol. The molecule has 13 rings (SSSR count). The third kappa shape index (κ3) is 3.51. The van der Waals surface area contributed by atoms with Crippen LogP contribution in [0.5, 0.6) is 23.0 Å². The molecule has 0 amide bonds. The maximum absolute atomic E-state index is 6.85. The summed E-state index contributed by atoms with van der Waals surface area (Å²) in [7, 11) is 0. The number of nitrogens with zero attached hydrogens (tertiary/aromatic N) is 1. The first-order chi connectivity index (χ1) is 26.8. The van der Waals surface area contributed by atoms with Gasteiger partial charge in [0.2, 0.25) is 0 Å². The van der Waals surface area contributed by atoms with Crippen LogP contribution in [0.25, 0.3) is 38.6 Å². The van der Waals surface area contributed by atoms with Gasteiger partial charge in [-0.05, 0) is 69.1 Å². The van der Waals surface area contributed by atoms with Gasteiger partial charge in [0.05, 0.1) is 22.1 Å². The fraction of sp³-hybridized carbons (Fsp3) is 0.0204. The first kappa shape index (κ1) is 29.1. The van der Waals surface area contributed by atoms with Crippen molar-refractivity contribution < 1.29 is 9.47 Å². The molecule has 0 saturated heterocycles. The van der Waals surface area contributed by atoms with Crippen molar-refractivity contribution in [3.63, 3.8) is 0 Å². The van der Waals surface area contributed by atoms with Crippen molar-refractivity contribution >= 4 is 56.7 Å². The van der Waals surface area contributed by atoms with Gasteiger partial charge in [-0.15, -0.1) is 0 Å². The topological polar surface area (TPSA) is 23.4 Å². The van der Waals surface area contributed by atoms with Crippen molar-refractivity contribution in [2.75, 3.05) is 0 Å². The van der Waals surface area contributed by atoms with Crippen LogP contribution in [0, 0.1) is 0 Å². The molecule has 3 nitrogen and oxygen atoms in total. The first-order valence-electron chi connectivity index (χ1n) is 18.5. The van der Waals surface area contributed by atoms with E-state index in [-0.39, 0.29) is 6.71 Å². The molecule has 3 aliphatic heterocycles. The zero-order valence-corrected chi connectivity index (χ0v) is 29.7. The van der Waals surface area contributed by atoms with Crippen LogP contribution in [0.2, 0.25) is 0 Å². The molecule has 0 N–H and O–H groups in total. The van der Waals surface area contributed by atoms with Crippen molar-refractivity contribution in [1.29, 1.82) is 0 Å². The highest BCUT2D eigenvalue weighted by molar-refractivity contribution is 7.99. The van der Waals surface area contributed by atoms with Gasteiger partial charge in [0.15, 0.2) is 0 Å². The van der Waals surface area contributed by atoms with Gasteiger partial charge >= 0.3 is 0 Å². The Bertz CT molecular complexity index is 3010. The Balaban J connectivity index is 1.19. The molecule has 4 aliphatic rings. The summed E-state index contributed by atoms with van der Waals surface area (Å²) in [6.45, 7) is 0.0202. The Morgan fingerprint density at radius 1 is 0.481 bits per heavy atom. The van der Waals surface area contributed by atoms with Crippen LogP contribution in [-0.2, 0) is 5.41 Å². The molecule has 9 aromatic rings. The Morgan fingerprint density at radius 3 is 1.76 bits per heavy atom. The van der Waals surface area contributed by atoms with Gasteiger partial charge in [0.25, 0.3) is 6.71 Å². The monoisotopic (exact) mass is 705 g/mol. The summed E-state index contributed by atoms with van der Waals surface area (Å²) in [4.78, 5) is 2.59. The number of benzene rings is 8. The molecule has 0 fully saturated rings. The number of hydrogen-bond donors (Lipinski definition) is 0. The lowest BCUT2D eigenvalue weighted by Gasteiger charge is -2.40. The van der Waals surface area contributed by atoms with Gasteiger partial charge in [0.1, 0.15) is 23.0 Å². The lowest BCUT2D eigenvalue weighted by molar-refractivity contribution is 0.464. The van der Waals surface area contributed by atoms with Gasteiger partial charge in [-0.25, -0.2) is 0 Å². The smallest absolute Gasteiger partial charge is 0.260 e. The van der Waals surface area contributed by atoms with Gasteiger partial charge in [0, 0.05) is 43.7 Å². The number of fused-ring (bicyclic) bond motifs is 17. The summed E-state index contributed by atoms with van der Waals surface area (Å²) in [5.41, 5.74) is 14.1. The maximum atomic E-state index is 6.85. The molecule has 4 heterocycles. The number of hydrogen-bond acceptors (Lipinski definition) is 3. The predicted octanol–water partition coefficient (Wildman–Crippen LogP) is 10.3. The van der Waals surface area contributed by atoms with Crippen LogP contribution in [0.3, 0.4) is 0 Å². The zero-order valence-electron chi connectivity index (χ0n) is 28.9. The van der Waals surface area contributed by atoms with E-state index in [1.807, 2.05) is 11.8 Å². The van der Waals surface area contributed by atoms with Gasteiger partial charge in [-0.3, -0.25) is 0 Å². The van der Waals surface area contributed by atoms with Gasteiger partial charge < -0.3 is 14.0 Å². The molecule has 1 aliphatic carbocycles. The molecule has 8 aromatic carbocycles. The molecule has 0 atom stereocenters. The summed E-state index contributed by atoms with van der Waals surface area (Å²) in [6, 6.07) is 62.1. The molecule has 1 spiro atoms. The molecule has 1 aromatic heterocycles. The minimum absolute atomic E-state index is 0.0202. The van der Waals surface area contributed by atoms with E-state index < -0.39 is 5.41 Å². The van der Waals surface area contributed by atoms with E-state index in [0.29, 0.717) is 0 Å². The Hall–Kier alpha value is -6.43. The second kappa shape index (κ2) is 10.4. The average Bonchev–Trinajstić information content (AvgIpc) is 3.72. The van der Waals surface area contributed by atoms with Crippen molar-refractivity contribution in [2.24, 2.45) is 0 Å². The van der Waals surface area contributed by atoms with Crippen molar-refractivity contribution in [2.45, 2.75) is 15.2 Å². The highest BCUT2D eigenvalue weighted by atomic mass is 32.2. The minimum Gasteiger partial charge on any atom is -0.458 e. The fourth-order valence-electron chi connectivity index (χ4n) is 10.2. The van der Waals surface area contributed by atoms with E-state index in [9.17, 15) is 0 Å². The fourth-order valence-corrected chi connectivity index (χ4v) is 11.4. The van der Waals surface area contributed by atoms with Gasteiger partial charge in [-0.1, -0.05) is 139 Å². The van der Waals surface area contributed by atoms with Crippen LogP contribution >= 0.6 is 11.8 Å². The largest absolute Gasteiger partial charge is 0.458 e. The average molecular weight is 706 g/mol. The third-order valence-corrected chi connectivity index (χ3v) is 13.3. The molecule has 0 unspecified atom stereocenters. The second-order valence-electron chi connectivity index (χ2n) is 14.7.